The Morgan fingerprint density at radius 2 is 1.18 bits per heavy atom. The van der Waals surface area contributed by atoms with Gasteiger partial charge >= 0.3 is 0 Å². The van der Waals surface area contributed by atoms with Gasteiger partial charge in [-0.1, -0.05) is 186 Å². The molecule has 1 N–H and O–H groups in total. The number of hydrogen-bond acceptors (Lipinski definition) is 3. The van der Waals surface area contributed by atoms with Crippen molar-refractivity contribution in [2.45, 2.75) is 118 Å². The van der Waals surface area contributed by atoms with Gasteiger partial charge in [0.2, 0.25) is 0 Å². The fourth-order valence-corrected chi connectivity index (χ4v) is 8.62. The summed E-state index contributed by atoms with van der Waals surface area (Å²) in [7, 11) is 0. The van der Waals surface area contributed by atoms with Crippen LogP contribution in [-0.4, -0.2) is 19.6 Å². The first kappa shape index (κ1) is 47.4. The molecule has 0 aliphatic rings. The maximum Gasteiger partial charge on any atom is 0.148 e. The van der Waals surface area contributed by atoms with Crippen LogP contribution in [0.1, 0.15) is 130 Å². The summed E-state index contributed by atoms with van der Waals surface area (Å²) in [6.45, 7) is 29.0. The molecule has 5 heteroatoms. The summed E-state index contributed by atoms with van der Waals surface area (Å²) in [5.74, 6) is 1.33. The van der Waals surface area contributed by atoms with Gasteiger partial charge in [0.15, 0.2) is 0 Å². The van der Waals surface area contributed by atoms with E-state index < -0.39 is 0 Å². The van der Waals surface area contributed by atoms with E-state index in [-0.39, 0.29) is 54.9 Å². The predicted molar refractivity (Wildman–Crippen MR) is 271 cm³/mol. The molecule has 0 saturated carbocycles. The van der Waals surface area contributed by atoms with Gasteiger partial charge in [-0.15, -0.1) is 29.3 Å². The van der Waals surface area contributed by atoms with Crippen molar-refractivity contribution in [3.8, 4) is 67.5 Å². The van der Waals surface area contributed by atoms with Gasteiger partial charge in [-0.2, -0.15) is 0 Å². The predicted octanol–water partition coefficient (Wildman–Crippen LogP) is 16.4. The van der Waals surface area contributed by atoms with E-state index in [2.05, 4.69) is 228 Å². The smallest absolute Gasteiger partial charge is 0.148 e. The number of hydrogen-bond donors (Lipinski definition) is 1. The van der Waals surface area contributed by atoms with Gasteiger partial charge in [0.1, 0.15) is 11.6 Å². The molecule has 0 spiro atoms. The summed E-state index contributed by atoms with van der Waals surface area (Å²) in [5.41, 5.74) is 17.4. The number of fused-ring (bicyclic) bond motifs is 1. The van der Waals surface area contributed by atoms with Crippen molar-refractivity contribution in [3.05, 3.63) is 167 Å². The van der Waals surface area contributed by atoms with E-state index >= 15 is 0 Å². The molecule has 0 atom stereocenters. The molecule has 0 bridgehead atoms. The average molecular weight is 1040 g/mol. The molecule has 0 unspecified atom stereocenters. The topological polar surface area (TPSA) is 50.9 Å². The van der Waals surface area contributed by atoms with Gasteiger partial charge in [-0.3, -0.25) is 9.55 Å². The minimum atomic E-state index is -0.160. The van der Waals surface area contributed by atoms with Gasteiger partial charge in [-0.05, 0) is 97.4 Å². The molecule has 0 radical (unpaired) electrons. The van der Waals surface area contributed by atoms with Gasteiger partial charge < -0.3 is 5.11 Å². The molecule has 336 valence electrons. The van der Waals surface area contributed by atoms with Gasteiger partial charge in [0.05, 0.1) is 22.3 Å². The Bertz CT molecular complexity index is 2990. The molecule has 6 aromatic carbocycles. The average Bonchev–Trinajstić information content (AvgIpc) is 3.65. The summed E-state index contributed by atoms with van der Waals surface area (Å²) in [6, 6.07) is 49.8. The van der Waals surface area contributed by atoms with Crippen molar-refractivity contribution in [1.82, 2.24) is 14.5 Å². The first-order valence-corrected chi connectivity index (χ1v) is 22.9. The second-order valence-electron chi connectivity index (χ2n) is 21.3. The Balaban J connectivity index is 0.00000630. The molecular formula is C60H64N3OPt-. The largest absolute Gasteiger partial charge is 0.507 e. The molecule has 2 heterocycles. The maximum atomic E-state index is 12.3. The third kappa shape index (κ3) is 9.57. The molecule has 4 nitrogen and oxygen atoms in total. The summed E-state index contributed by atoms with van der Waals surface area (Å²) in [6.07, 6.45) is 1.91. The third-order valence-corrected chi connectivity index (χ3v) is 12.7. The second kappa shape index (κ2) is 18.0. The Kier molecular flexibility index (Phi) is 13.1. The summed E-state index contributed by atoms with van der Waals surface area (Å²) >= 11 is 0. The fourth-order valence-electron chi connectivity index (χ4n) is 8.62. The number of rotatable bonds is 8. The van der Waals surface area contributed by atoms with Crippen LogP contribution in [0, 0.1) is 6.07 Å². The molecule has 65 heavy (non-hydrogen) atoms. The molecule has 2 aromatic heterocycles. The second-order valence-corrected chi connectivity index (χ2v) is 21.3. The Labute approximate surface area is 402 Å². The quantitative estimate of drug-likeness (QED) is 0.154. The number of phenols is 1. The van der Waals surface area contributed by atoms with Crippen LogP contribution in [0.15, 0.2) is 134 Å². The van der Waals surface area contributed by atoms with E-state index in [1.807, 2.05) is 6.20 Å². The van der Waals surface area contributed by atoms with E-state index in [4.69, 9.17) is 9.97 Å². The standard InChI is InChI=1S/C60H64N3O.Pt/c1-37(2)42-33-49(38(3)4)56(64)51(34-42)57-62-55-48(20-17-21-54(55)63(57)53-27-26-46(59(8,9)10)36-50(53)40-18-15-14-16-19-40)43-30-44(32-47(31-43)60(11,12)13)52-35-41(28-29-61-52)39-22-24-45(25-23-39)58(5,6)7;/h14-29,31-38,64H,1-13H3;/q-1;. The number of pyridine rings is 1. The minimum absolute atomic E-state index is 0. The summed E-state index contributed by atoms with van der Waals surface area (Å²) in [4.78, 5) is 10.6. The zero-order valence-electron chi connectivity index (χ0n) is 40.5. The van der Waals surface area contributed by atoms with Crippen molar-refractivity contribution in [3.63, 3.8) is 0 Å². The van der Waals surface area contributed by atoms with Crippen molar-refractivity contribution in [2.75, 3.05) is 0 Å². The van der Waals surface area contributed by atoms with E-state index in [1.165, 1.54) is 16.7 Å². The molecule has 8 aromatic rings. The summed E-state index contributed by atoms with van der Waals surface area (Å²) < 4.78 is 2.28. The number of aromatic nitrogens is 3. The summed E-state index contributed by atoms with van der Waals surface area (Å²) in [5, 5.41) is 12.3. The maximum absolute atomic E-state index is 12.3. The molecule has 0 aliphatic carbocycles. The number of phenolic OH excluding ortho intramolecular Hbond substituents is 1. The van der Waals surface area contributed by atoms with Crippen LogP contribution >= 0.6 is 0 Å². The number of aromatic hydroxyl groups is 1. The Morgan fingerprint density at radius 1 is 0.538 bits per heavy atom. The first-order valence-electron chi connectivity index (χ1n) is 22.9. The van der Waals surface area contributed by atoms with Gasteiger partial charge in [0.25, 0.3) is 0 Å². The molecule has 0 amide bonds. The molecule has 8 rings (SSSR count). The Hall–Kier alpha value is -5.57. The van der Waals surface area contributed by atoms with E-state index in [9.17, 15) is 5.11 Å². The van der Waals surface area contributed by atoms with Crippen LogP contribution in [0.2, 0.25) is 0 Å². The Morgan fingerprint density at radius 3 is 1.82 bits per heavy atom. The zero-order chi connectivity index (χ0) is 45.9. The van der Waals surface area contributed by atoms with Crippen molar-refractivity contribution >= 4 is 11.0 Å². The van der Waals surface area contributed by atoms with Crippen molar-refractivity contribution < 1.29 is 26.2 Å². The van der Waals surface area contributed by atoms with Crippen molar-refractivity contribution in [1.29, 1.82) is 0 Å². The van der Waals surface area contributed by atoms with Crippen LogP contribution < -0.4 is 0 Å². The number of para-hydroxylation sites is 1. The monoisotopic (exact) mass is 1040 g/mol. The number of nitrogens with zero attached hydrogens (tertiary/aromatic N) is 3. The van der Waals surface area contributed by atoms with Crippen LogP contribution in [0.4, 0.5) is 0 Å². The minimum Gasteiger partial charge on any atom is -0.507 e. The van der Waals surface area contributed by atoms with Crippen LogP contribution in [0.3, 0.4) is 0 Å². The third-order valence-electron chi connectivity index (χ3n) is 12.7. The molecule has 0 fully saturated rings. The molecule has 0 saturated heterocycles. The molecular weight excluding hydrogens is 974 g/mol. The van der Waals surface area contributed by atoms with E-state index in [0.717, 1.165) is 78.0 Å². The number of benzene rings is 6. The fraction of sp³-hybridized carbons (Fsp3) is 0.300. The van der Waals surface area contributed by atoms with E-state index in [0.29, 0.717) is 5.82 Å². The van der Waals surface area contributed by atoms with E-state index in [1.54, 1.807) is 0 Å². The zero-order valence-corrected chi connectivity index (χ0v) is 42.7. The van der Waals surface area contributed by atoms with Gasteiger partial charge in [-0.25, -0.2) is 4.98 Å². The van der Waals surface area contributed by atoms with Crippen LogP contribution in [-0.2, 0) is 37.3 Å². The number of imidazole rings is 1. The van der Waals surface area contributed by atoms with Crippen LogP contribution in [0.5, 0.6) is 5.75 Å². The normalized spacial score (nSPS) is 12.3. The van der Waals surface area contributed by atoms with Gasteiger partial charge in [0, 0.05) is 38.5 Å². The first-order chi connectivity index (χ1) is 30.2. The van der Waals surface area contributed by atoms with Crippen LogP contribution in [0.25, 0.3) is 72.7 Å². The molecule has 0 aliphatic heterocycles. The SMILES string of the molecule is CC(C)c1cc(-c2nc3c(-c4[c-]c(-c5cc(-c6ccc(C(C)(C)C)cc6)ccn5)cc(C(C)(C)C)c4)cccc3n2-c2ccc(C(C)(C)C)cc2-c2ccccc2)c(O)c(C(C)C)c1.[Pt]. The van der Waals surface area contributed by atoms with Crippen molar-refractivity contribution in [2.24, 2.45) is 0 Å².